The van der Waals surface area contributed by atoms with Crippen molar-refractivity contribution in [2.24, 2.45) is 0 Å². The molecule has 1 amide bonds. The highest BCUT2D eigenvalue weighted by Crippen LogP contribution is 2.23. The zero-order valence-corrected chi connectivity index (χ0v) is 12.7. The van der Waals surface area contributed by atoms with Crippen LogP contribution in [0.15, 0.2) is 29.2 Å². The summed E-state index contributed by atoms with van der Waals surface area (Å²) in [5.41, 5.74) is 2.31. The molecule has 1 N–H and O–H groups in total. The van der Waals surface area contributed by atoms with Crippen LogP contribution in [0.1, 0.15) is 40.3 Å². The van der Waals surface area contributed by atoms with Crippen molar-refractivity contribution in [3.8, 4) is 0 Å². The minimum atomic E-state index is -0.168. The van der Waals surface area contributed by atoms with Gasteiger partial charge in [0.1, 0.15) is 5.76 Å². The zero-order chi connectivity index (χ0) is 15.6. The molecule has 0 unspecified atom stereocenters. The molecule has 0 saturated carbocycles. The Bertz CT molecular complexity index is 818. The van der Waals surface area contributed by atoms with Crippen LogP contribution in [-0.4, -0.2) is 32.0 Å². The molecule has 23 heavy (non-hydrogen) atoms. The summed E-state index contributed by atoms with van der Waals surface area (Å²) in [6, 6.07) is 1.86. The van der Waals surface area contributed by atoms with Crippen molar-refractivity contribution in [1.82, 2.24) is 24.8 Å². The second-order valence-electron chi connectivity index (χ2n) is 5.71. The number of nitrogens with zero attached hydrogens (tertiary/aromatic N) is 4. The molecule has 0 bridgehead atoms. The van der Waals surface area contributed by atoms with Gasteiger partial charge in [-0.3, -0.25) is 9.20 Å². The molecule has 0 aromatic carbocycles. The van der Waals surface area contributed by atoms with E-state index in [2.05, 4.69) is 20.4 Å². The summed E-state index contributed by atoms with van der Waals surface area (Å²) in [5.74, 6) is 1.37. The Morgan fingerprint density at radius 2 is 2.26 bits per heavy atom. The Morgan fingerprint density at radius 1 is 1.35 bits per heavy atom. The second-order valence-corrected chi connectivity index (χ2v) is 5.71. The van der Waals surface area contributed by atoms with Gasteiger partial charge in [-0.15, -0.1) is 0 Å². The number of rotatable bonds is 4. The number of amides is 1. The molecule has 0 radical (unpaired) electrons. The van der Waals surface area contributed by atoms with Crippen LogP contribution in [0.2, 0.25) is 0 Å². The summed E-state index contributed by atoms with van der Waals surface area (Å²) in [4.78, 5) is 20.9. The van der Waals surface area contributed by atoms with Crippen LogP contribution in [-0.2, 0) is 19.3 Å². The average Bonchev–Trinajstić information content (AvgIpc) is 3.18. The number of aromatic nitrogens is 4. The molecule has 4 rings (SSSR count). The summed E-state index contributed by atoms with van der Waals surface area (Å²) in [5, 5.41) is 6.84. The first-order valence-electron chi connectivity index (χ1n) is 7.85. The standard InChI is InChI=1S/C16H17N5O2/c22-15(14-12-4-1-2-5-13(12)23-20-14)17-8-6-11-10-21-9-3-7-18-16(21)19-11/h3,7,9-10H,1-2,4-6,8H2,(H,17,22). The molecule has 3 aromatic rings. The molecule has 0 spiro atoms. The van der Waals surface area contributed by atoms with Gasteiger partial charge in [0.05, 0.1) is 5.69 Å². The minimum Gasteiger partial charge on any atom is -0.360 e. The van der Waals surface area contributed by atoms with Gasteiger partial charge in [-0.2, -0.15) is 0 Å². The van der Waals surface area contributed by atoms with Gasteiger partial charge in [-0.1, -0.05) is 5.16 Å². The van der Waals surface area contributed by atoms with Crippen molar-refractivity contribution < 1.29 is 9.32 Å². The van der Waals surface area contributed by atoms with E-state index >= 15 is 0 Å². The van der Waals surface area contributed by atoms with Crippen molar-refractivity contribution in [2.75, 3.05) is 6.54 Å². The summed E-state index contributed by atoms with van der Waals surface area (Å²) in [6.45, 7) is 0.504. The van der Waals surface area contributed by atoms with E-state index < -0.39 is 0 Å². The quantitative estimate of drug-likeness (QED) is 0.790. The zero-order valence-electron chi connectivity index (χ0n) is 12.7. The molecule has 0 fully saturated rings. The molecule has 1 aliphatic rings. The monoisotopic (exact) mass is 311 g/mol. The number of imidazole rings is 1. The van der Waals surface area contributed by atoms with Crippen LogP contribution in [0.3, 0.4) is 0 Å². The largest absolute Gasteiger partial charge is 0.360 e. The Morgan fingerprint density at radius 3 is 3.17 bits per heavy atom. The third-order valence-electron chi connectivity index (χ3n) is 4.12. The number of hydrogen-bond acceptors (Lipinski definition) is 5. The van der Waals surface area contributed by atoms with Crippen LogP contribution in [0, 0.1) is 0 Å². The SMILES string of the molecule is O=C(NCCc1cn2cccnc2n1)c1noc2c1CCCC2. The van der Waals surface area contributed by atoms with Gasteiger partial charge in [-0.05, 0) is 25.3 Å². The fourth-order valence-corrected chi connectivity index (χ4v) is 2.95. The lowest BCUT2D eigenvalue weighted by Crippen LogP contribution is -2.27. The maximum Gasteiger partial charge on any atom is 0.273 e. The Kier molecular flexibility index (Phi) is 3.53. The van der Waals surface area contributed by atoms with Crippen molar-refractivity contribution in [2.45, 2.75) is 32.1 Å². The first kappa shape index (κ1) is 13.9. The Balaban J connectivity index is 1.39. The molecule has 0 atom stereocenters. The van der Waals surface area contributed by atoms with Gasteiger partial charge in [0.15, 0.2) is 5.69 Å². The van der Waals surface area contributed by atoms with E-state index in [4.69, 9.17) is 4.52 Å². The number of nitrogens with one attached hydrogen (secondary N) is 1. The summed E-state index contributed by atoms with van der Waals surface area (Å²) in [7, 11) is 0. The molecule has 3 aromatic heterocycles. The topological polar surface area (TPSA) is 85.3 Å². The first-order valence-corrected chi connectivity index (χ1v) is 7.85. The highest BCUT2D eigenvalue weighted by atomic mass is 16.5. The van der Waals surface area contributed by atoms with E-state index in [0.717, 1.165) is 42.7 Å². The van der Waals surface area contributed by atoms with Gasteiger partial charge < -0.3 is 9.84 Å². The third kappa shape index (κ3) is 2.69. The van der Waals surface area contributed by atoms with Crippen LogP contribution in [0.5, 0.6) is 0 Å². The van der Waals surface area contributed by atoms with E-state index in [0.29, 0.717) is 24.4 Å². The van der Waals surface area contributed by atoms with E-state index in [1.54, 1.807) is 6.20 Å². The number of fused-ring (bicyclic) bond motifs is 2. The smallest absolute Gasteiger partial charge is 0.273 e. The third-order valence-corrected chi connectivity index (χ3v) is 4.12. The minimum absolute atomic E-state index is 0.168. The fraction of sp³-hybridized carbons (Fsp3) is 0.375. The predicted octanol–water partition coefficient (Wildman–Crippen LogP) is 1.57. The van der Waals surface area contributed by atoms with E-state index in [1.165, 1.54) is 0 Å². The number of hydrogen-bond donors (Lipinski definition) is 1. The van der Waals surface area contributed by atoms with Crippen LogP contribution in [0.25, 0.3) is 5.78 Å². The van der Waals surface area contributed by atoms with Gasteiger partial charge in [0.25, 0.3) is 5.91 Å². The van der Waals surface area contributed by atoms with Crippen LogP contribution < -0.4 is 5.32 Å². The van der Waals surface area contributed by atoms with E-state index in [1.807, 2.05) is 22.9 Å². The summed E-state index contributed by atoms with van der Waals surface area (Å²) in [6.07, 6.45) is 10.1. The normalized spacial score (nSPS) is 13.9. The molecular weight excluding hydrogens is 294 g/mol. The maximum atomic E-state index is 12.3. The van der Waals surface area contributed by atoms with Gasteiger partial charge in [0, 0.05) is 43.5 Å². The lowest BCUT2D eigenvalue weighted by molar-refractivity contribution is 0.0944. The predicted molar refractivity (Wildman–Crippen MR) is 82.2 cm³/mol. The Labute approximate surface area is 132 Å². The number of carbonyl (C=O) groups excluding carboxylic acids is 1. The molecular formula is C16H17N5O2. The Hall–Kier alpha value is -2.70. The maximum absolute atomic E-state index is 12.3. The highest BCUT2D eigenvalue weighted by Gasteiger charge is 2.23. The molecule has 3 heterocycles. The highest BCUT2D eigenvalue weighted by molar-refractivity contribution is 5.93. The average molecular weight is 311 g/mol. The van der Waals surface area contributed by atoms with Gasteiger partial charge >= 0.3 is 0 Å². The van der Waals surface area contributed by atoms with Crippen molar-refractivity contribution >= 4 is 11.7 Å². The van der Waals surface area contributed by atoms with Crippen LogP contribution in [0.4, 0.5) is 0 Å². The molecule has 0 aliphatic heterocycles. The molecule has 1 aliphatic carbocycles. The van der Waals surface area contributed by atoms with Crippen molar-refractivity contribution in [3.05, 3.63) is 47.4 Å². The summed E-state index contributed by atoms with van der Waals surface area (Å²) >= 11 is 0. The molecule has 7 heteroatoms. The lowest BCUT2D eigenvalue weighted by Gasteiger charge is -2.09. The van der Waals surface area contributed by atoms with E-state index in [9.17, 15) is 4.79 Å². The van der Waals surface area contributed by atoms with Crippen LogP contribution >= 0.6 is 0 Å². The number of aryl methyl sites for hydroxylation is 1. The first-order chi connectivity index (χ1) is 11.3. The van der Waals surface area contributed by atoms with Crippen molar-refractivity contribution in [1.29, 1.82) is 0 Å². The summed E-state index contributed by atoms with van der Waals surface area (Å²) < 4.78 is 7.14. The second kappa shape index (κ2) is 5.83. The fourth-order valence-electron chi connectivity index (χ4n) is 2.95. The van der Waals surface area contributed by atoms with Gasteiger partial charge in [0.2, 0.25) is 5.78 Å². The molecule has 118 valence electrons. The number of carbonyl (C=O) groups is 1. The lowest BCUT2D eigenvalue weighted by atomic mass is 9.96. The molecule has 0 saturated heterocycles. The van der Waals surface area contributed by atoms with Gasteiger partial charge in [-0.25, -0.2) is 9.97 Å². The van der Waals surface area contributed by atoms with E-state index in [-0.39, 0.29) is 5.91 Å². The molecule has 7 nitrogen and oxygen atoms in total. The van der Waals surface area contributed by atoms with Crippen molar-refractivity contribution in [3.63, 3.8) is 0 Å².